The Morgan fingerprint density at radius 1 is 1.13 bits per heavy atom. The third kappa shape index (κ3) is 4.40. The number of carbonyl (C=O) groups excluding carboxylic acids is 1. The molecule has 0 radical (unpaired) electrons. The van der Waals surface area contributed by atoms with Crippen LogP contribution in [0.2, 0.25) is 5.02 Å². The van der Waals surface area contributed by atoms with E-state index in [9.17, 15) is 4.79 Å². The van der Waals surface area contributed by atoms with Crippen molar-refractivity contribution in [3.63, 3.8) is 0 Å². The molecule has 2 aromatic carbocycles. The number of nitrogens with zero attached hydrogens (tertiary/aromatic N) is 4. The van der Waals surface area contributed by atoms with Gasteiger partial charge in [-0.2, -0.15) is 0 Å². The minimum absolute atomic E-state index is 0.143. The second-order valence-corrected chi connectivity index (χ2v) is 9.02. The van der Waals surface area contributed by atoms with E-state index in [1.165, 1.54) is 23.1 Å². The van der Waals surface area contributed by atoms with Crippen LogP contribution in [0.25, 0.3) is 22.6 Å². The molecular weight excluding hydrogens is 438 g/mol. The molecule has 0 spiro atoms. The van der Waals surface area contributed by atoms with Gasteiger partial charge in [-0.15, -0.1) is 21.5 Å². The monoisotopic (exact) mass is 455 g/mol. The zero-order valence-corrected chi connectivity index (χ0v) is 18.7. The Morgan fingerprint density at radius 2 is 1.87 bits per heavy atom. The maximum absolute atomic E-state index is 12.4. The minimum Gasteiger partial charge on any atom is -0.305 e. The van der Waals surface area contributed by atoms with Gasteiger partial charge in [0.05, 0.1) is 16.5 Å². The molecule has 4 rings (SSSR count). The van der Waals surface area contributed by atoms with Crippen LogP contribution in [0, 0.1) is 6.92 Å². The largest absolute Gasteiger partial charge is 0.305 e. The molecule has 0 bridgehead atoms. The van der Waals surface area contributed by atoms with E-state index >= 15 is 0 Å². The number of hydrogen-bond donors (Lipinski definition) is 1. The van der Waals surface area contributed by atoms with E-state index in [2.05, 4.69) is 20.5 Å². The highest BCUT2D eigenvalue weighted by atomic mass is 35.5. The van der Waals surface area contributed by atoms with Crippen molar-refractivity contribution in [3.05, 3.63) is 64.5 Å². The number of amides is 1. The van der Waals surface area contributed by atoms with E-state index in [4.69, 9.17) is 11.6 Å². The van der Waals surface area contributed by atoms with Crippen LogP contribution in [0.5, 0.6) is 0 Å². The van der Waals surface area contributed by atoms with Crippen molar-refractivity contribution in [1.29, 1.82) is 0 Å². The topological polar surface area (TPSA) is 72.7 Å². The fourth-order valence-corrected chi connectivity index (χ4v) is 4.70. The molecule has 4 aromatic rings. The van der Waals surface area contributed by atoms with Crippen molar-refractivity contribution < 1.29 is 4.79 Å². The van der Waals surface area contributed by atoms with Crippen LogP contribution in [0.3, 0.4) is 0 Å². The van der Waals surface area contributed by atoms with Gasteiger partial charge < -0.3 is 9.88 Å². The molecule has 0 aliphatic rings. The Bertz CT molecular complexity index is 1190. The number of nitrogens with one attached hydrogen (secondary N) is 1. The molecule has 30 heavy (non-hydrogen) atoms. The molecular formula is C21H18ClN5OS2. The number of anilines is 1. The van der Waals surface area contributed by atoms with Crippen LogP contribution in [0.15, 0.2) is 59.8 Å². The molecule has 0 aliphatic carbocycles. The fraction of sp³-hybridized carbons (Fsp3) is 0.143. The van der Waals surface area contributed by atoms with E-state index in [-0.39, 0.29) is 11.7 Å². The van der Waals surface area contributed by atoms with Crippen molar-refractivity contribution in [1.82, 2.24) is 19.7 Å². The van der Waals surface area contributed by atoms with E-state index in [0.29, 0.717) is 21.1 Å². The number of aromatic nitrogens is 4. The van der Waals surface area contributed by atoms with E-state index in [1.54, 1.807) is 0 Å². The minimum atomic E-state index is -0.143. The van der Waals surface area contributed by atoms with Gasteiger partial charge in [-0.25, -0.2) is 4.98 Å². The number of carbonyl (C=O) groups is 1. The normalized spacial score (nSPS) is 10.9. The highest BCUT2D eigenvalue weighted by molar-refractivity contribution is 7.99. The number of thiazole rings is 1. The summed E-state index contributed by atoms with van der Waals surface area (Å²) >= 11 is 9.04. The van der Waals surface area contributed by atoms with Gasteiger partial charge in [-0.05, 0) is 19.1 Å². The molecule has 0 fully saturated rings. The van der Waals surface area contributed by atoms with E-state index in [1.807, 2.05) is 73.1 Å². The lowest BCUT2D eigenvalue weighted by molar-refractivity contribution is -0.113. The van der Waals surface area contributed by atoms with Gasteiger partial charge >= 0.3 is 0 Å². The van der Waals surface area contributed by atoms with Gasteiger partial charge in [0.25, 0.3) is 0 Å². The molecule has 1 amide bonds. The molecule has 152 valence electrons. The quantitative estimate of drug-likeness (QED) is 0.399. The Labute approximate surface area is 187 Å². The van der Waals surface area contributed by atoms with Crippen molar-refractivity contribution in [2.45, 2.75) is 12.1 Å². The van der Waals surface area contributed by atoms with Gasteiger partial charge in [0.2, 0.25) is 5.91 Å². The fourth-order valence-electron chi connectivity index (χ4n) is 2.92. The molecule has 0 saturated heterocycles. The average Bonchev–Trinajstić information content (AvgIpc) is 3.29. The highest BCUT2D eigenvalue weighted by Crippen LogP contribution is 2.31. The lowest BCUT2D eigenvalue weighted by atomic mass is 10.1. The lowest BCUT2D eigenvalue weighted by Crippen LogP contribution is -2.14. The Balaban J connectivity index is 1.41. The Hall–Kier alpha value is -2.68. The smallest absolute Gasteiger partial charge is 0.236 e. The molecule has 6 nitrogen and oxygen atoms in total. The van der Waals surface area contributed by atoms with Gasteiger partial charge in [-0.3, -0.25) is 4.79 Å². The first-order valence-electron chi connectivity index (χ1n) is 9.12. The standard InChI is InChI=1S/C21H18ClN5OS2/c1-13-18(14-8-4-3-5-9-14)24-20(30-13)23-17(28)12-29-21-26-25-19(27(21)2)15-10-6-7-11-16(15)22/h3-11H,12H2,1-2H3,(H,23,24,28). The average molecular weight is 456 g/mol. The second kappa shape index (κ2) is 8.99. The van der Waals surface area contributed by atoms with Gasteiger partial charge in [0.1, 0.15) is 0 Å². The zero-order chi connectivity index (χ0) is 21.1. The van der Waals surface area contributed by atoms with Crippen molar-refractivity contribution in [2.75, 3.05) is 11.1 Å². The molecule has 1 N–H and O–H groups in total. The van der Waals surface area contributed by atoms with Crippen LogP contribution in [0.1, 0.15) is 4.88 Å². The van der Waals surface area contributed by atoms with Crippen LogP contribution in [-0.2, 0) is 11.8 Å². The molecule has 0 atom stereocenters. The summed E-state index contributed by atoms with van der Waals surface area (Å²) in [6.07, 6.45) is 0. The summed E-state index contributed by atoms with van der Waals surface area (Å²) < 4.78 is 1.83. The molecule has 0 aliphatic heterocycles. The first-order chi connectivity index (χ1) is 14.5. The summed E-state index contributed by atoms with van der Waals surface area (Å²) in [6, 6.07) is 17.4. The second-order valence-electron chi connectivity index (χ2n) is 6.47. The summed E-state index contributed by atoms with van der Waals surface area (Å²) in [6.45, 7) is 2.00. The summed E-state index contributed by atoms with van der Waals surface area (Å²) in [5.41, 5.74) is 2.73. The van der Waals surface area contributed by atoms with Gasteiger partial charge in [0.15, 0.2) is 16.1 Å². The first-order valence-corrected chi connectivity index (χ1v) is 11.3. The highest BCUT2D eigenvalue weighted by Gasteiger charge is 2.16. The predicted octanol–water partition coefficient (Wildman–Crippen LogP) is 5.30. The molecule has 9 heteroatoms. The predicted molar refractivity (Wildman–Crippen MR) is 123 cm³/mol. The zero-order valence-electron chi connectivity index (χ0n) is 16.3. The maximum Gasteiger partial charge on any atom is 0.236 e. The van der Waals surface area contributed by atoms with Crippen molar-refractivity contribution >= 4 is 45.7 Å². The number of hydrogen-bond acceptors (Lipinski definition) is 6. The van der Waals surface area contributed by atoms with Gasteiger partial charge in [0, 0.05) is 23.1 Å². The van der Waals surface area contributed by atoms with E-state index < -0.39 is 0 Å². The first kappa shape index (κ1) is 20.6. The number of benzene rings is 2. The summed E-state index contributed by atoms with van der Waals surface area (Å²) in [5.74, 6) is 0.718. The summed E-state index contributed by atoms with van der Waals surface area (Å²) in [5, 5.41) is 13.1. The van der Waals surface area contributed by atoms with E-state index in [0.717, 1.165) is 21.7 Å². The Morgan fingerprint density at radius 3 is 2.63 bits per heavy atom. The van der Waals surface area contributed by atoms with Crippen LogP contribution >= 0.6 is 34.7 Å². The molecule has 2 heterocycles. The Kier molecular flexibility index (Phi) is 6.17. The SMILES string of the molecule is Cc1sc(NC(=O)CSc2nnc(-c3ccccc3Cl)n2C)nc1-c1ccccc1. The number of aryl methyl sites for hydroxylation is 1. The third-order valence-corrected chi connectivity index (χ3v) is 6.61. The van der Waals surface area contributed by atoms with Gasteiger partial charge in [-0.1, -0.05) is 65.8 Å². The number of rotatable bonds is 6. The van der Waals surface area contributed by atoms with Crippen LogP contribution in [0.4, 0.5) is 5.13 Å². The summed E-state index contributed by atoms with van der Waals surface area (Å²) in [4.78, 5) is 18.1. The van der Waals surface area contributed by atoms with Crippen molar-refractivity contribution in [3.8, 4) is 22.6 Å². The van der Waals surface area contributed by atoms with Crippen LogP contribution < -0.4 is 5.32 Å². The number of thioether (sulfide) groups is 1. The molecule has 0 saturated carbocycles. The molecule has 2 aromatic heterocycles. The summed E-state index contributed by atoms with van der Waals surface area (Å²) in [7, 11) is 1.86. The lowest BCUT2D eigenvalue weighted by Gasteiger charge is -2.05. The van der Waals surface area contributed by atoms with Crippen LogP contribution in [-0.4, -0.2) is 31.4 Å². The molecule has 0 unspecified atom stereocenters. The van der Waals surface area contributed by atoms with Crippen molar-refractivity contribution in [2.24, 2.45) is 7.05 Å². The third-order valence-electron chi connectivity index (χ3n) is 4.37. The number of halogens is 1. The maximum atomic E-state index is 12.4.